The third kappa shape index (κ3) is 5.07. The summed E-state index contributed by atoms with van der Waals surface area (Å²) in [4.78, 5) is 2.30. The number of hydrogen-bond acceptors (Lipinski definition) is 2. The quantitative estimate of drug-likeness (QED) is 0.167. The maximum absolute atomic E-state index is 7.40. The molecule has 252 valence electrons. The summed E-state index contributed by atoms with van der Waals surface area (Å²) in [6.07, 6.45) is 4.53. The number of nitrogens with zero attached hydrogens (tertiary/aromatic N) is 2. The van der Waals surface area contributed by atoms with Gasteiger partial charge in [0.05, 0.1) is 5.41 Å². The molecule has 0 saturated carbocycles. The van der Waals surface area contributed by atoms with Crippen molar-refractivity contribution in [2.45, 2.75) is 25.0 Å². The lowest BCUT2D eigenvalue weighted by atomic mass is 9.76. The second kappa shape index (κ2) is 12.4. The Morgan fingerprint density at radius 3 is 1.73 bits per heavy atom. The van der Waals surface area contributed by atoms with Crippen molar-refractivity contribution >= 4 is 23.4 Å². The fourth-order valence-corrected chi connectivity index (χ4v) is 8.28. The summed E-state index contributed by atoms with van der Waals surface area (Å²) in [5, 5.41) is 0.719. The Kier molecular flexibility index (Phi) is 7.64. The van der Waals surface area contributed by atoms with Gasteiger partial charge in [-0.15, -0.1) is 0 Å². The first-order chi connectivity index (χ1) is 25.3. The Labute approximate surface area is 310 Å². The summed E-state index contributed by atoms with van der Waals surface area (Å²) in [5.41, 5.74) is 12.3. The number of rotatable bonds is 5. The first kappa shape index (κ1) is 32.0. The van der Waals surface area contributed by atoms with Gasteiger partial charge in [-0.1, -0.05) is 109 Å². The van der Waals surface area contributed by atoms with Crippen molar-refractivity contribution in [3.63, 3.8) is 0 Å². The van der Waals surface area contributed by atoms with Gasteiger partial charge in [0.2, 0.25) is 22.8 Å². The molecule has 4 heteroatoms. The number of halogens is 1. The average molecular weight is 694 g/mol. The molecule has 9 rings (SSSR count). The van der Waals surface area contributed by atoms with Crippen molar-refractivity contribution in [2.24, 2.45) is 0 Å². The summed E-state index contributed by atoms with van der Waals surface area (Å²) in [7, 11) is 2.15. The van der Waals surface area contributed by atoms with Crippen molar-refractivity contribution in [1.29, 1.82) is 0 Å². The number of hydrogen-bond donors (Lipinski definition) is 0. The van der Waals surface area contributed by atoms with Gasteiger partial charge in [-0.2, -0.15) is 4.57 Å². The summed E-state index contributed by atoms with van der Waals surface area (Å²) in [6, 6.07) is 57.8. The van der Waals surface area contributed by atoms with Gasteiger partial charge in [0.15, 0.2) is 0 Å². The number of aromatic nitrogens is 1. The standard InChI is InChI=1S/C48H38ClN2O/c1-47(2)42-21-13-14-22-43(42)50(3)48(47)28-27-37-29-40(32-41(46(37)52-48)34-15-7-4-8-16-34)51-44(35-17-9-5-10-18-35)30-38(33-23-25-39(49)26-24-33)31-45(51)36-19-11-6-12-20-36/h4-32H,1-3H3/q+1. The van der Waals surface area contributed by atoms with Crippen molar-refractivity contribution in [2.75, 3.05) is 11.9 Å². The first-order valence-electron chi connectivity index (χ1n) is 17.8. The Hall–Kier alpha value is -5.90. The predicted molar refractivity (Wildman–Crippen MR) is 215 cm³/mol. The van der Waals surface area contributed by atoms with Crippen molar-refractivity contribution in [3.8, 4) is 56.2 Å². The first-order valence-corrected chi connectivity index (χ1v) is 18.1. The van der Waals surface area contributed by atoms with E-state index in [1.807, 2.05) is 12.1 Å². The van der Waals surface area contributed by atoms with Crippen LogP contribution >= 0.6 is 11.6 Å². The number of anilines is 1. The molecule has 1 unspecified atom stereocenters. The molecular formula is C48H38ClN2O+. The van der Waals surface area contributed by atoms with E-state index < -0.39 is 5.72 Å². The van der Waals surface area contributed by atoms with Crippen LogP contribution in [0.25, 0.3) is 56.5 Å². The van der Waals surface area contributed by atoms with E-state index in [2.05, 4.69) is 194 Å². The lowest BCUT2D eigenvalue weighted by Crippen LogP contribution is -2.58. The Morgan fingerprint density at radius 2 is 1.13 bits per heavy atom. The van der Waals surface area contributed by atoms with Crippen molar-refractivity contribution in [3.05, 3.63) is 186 Å². The van der Waals surface area contributed by atoms with E-state index in [-0.39, 0.29) is 5.41 Å². The molecule has 7 aromatic rings. The molecule has 3 nitrogen and oxygen atoms in total. The maximum atomic E-state index is 7.40. The summed E-state index contributed by atoms with van der Waals surface area (Å²) in [6.45, 7) is 4.58. The Balaban J connectivity index is 1.32. The normalized spacial score (nSPS) is 16.7. The number of pyridine rings is 1. The lowest BCUT2D eigenvalue weighted by Gasteiger charge is -2.46. The van der Waals surface area contributed by atoms with Gasteiger partial charge >= 0.3 is 0 Å². The largest absolute Gasteiger partial charge is 0.462 e. The second-order valence-electron chi connectivity index (χ2n) is 14.2. The molecule has 1 spiro atoms. The maximum Gasteiger partial charge on any atom is 0.219 e. The molecule has 0 N–H and O–H groups in total. The van der Waals surface area contributed by atoms with Gasteiger partial charge in [0, 0.05) is 64.3 Å². The minimum absolute atomic E-state index is 0.313. The fourth-order valence-electron chi connectivity index (χ4n) is 8.15. The predicted octanol–water partition coefficient (Wildman–Crippen LogP) is 11.8. The van der Waals surface area contributed by atoms with Crippen LogP contribution < -0.4 is 14.2 Å². The summed E-state index contributed by atoms with van der Waals surface area (Å²) >= 11 is 6.35. The number of ether oxygens (including phenoxy) is 1. The smallest absolute Gasteiger partial charge is 0.219 e. The Morgan fingerprint density at radius 1 is 0.577 bits per heavy atom. The van der Waals surface area contributed by atoms with E-state index in [4.69, 9.17) is 16.3 Å². The van der Waals surface area contributed by atoms with Gasteiger partial charge in [-0.05, 0) is 90.7 Å². The lowest BCUT2D eigenvalue weighted by molar-refractivity contribution is -0.572. The molecule has 0 saturated heterocycles. The third-order valence-corrected chi connectivity index (χ3v) is 11.2. The van der Waals surface area contributed by atoms with Crippen LogP contribution in [0.1, 0.15) is 25.0 Å². The molecule has 2 aliphatic heterocycles. The minimum atomic E-state index is -0.702. The molecule has 52 heavy (non-hydrogen) atoms. The monoisotopic (exact) mass is 693 g/mol. The molecule has 0 radical (unpaired) electrons. The zero-order valence-electron chi connectivity index (χ0n) is 29.4. The summed E-state index contributed by atoms with van der Waals surface area (Å²) in [5.74, 6) is 0.881. The topological polar surface area (TPSA) is 16.4 Å². The average Bonchev–Trinajstić information content (AvgIpc) is 3.35. The van der Waals surface area contributed by atoms with E-state index in [1.165, 1.54) is 11.3 Å². The minimum Gasteiger partial charge on any atom is -0.462 e. The highest BCUT2D eigenvalue weighted by atomic mass is 35.5. The second-order valence-corrected chi connectivity index (χ2v) is 14.6. The van der Waals surface area contributed by atoms with Crippen LogP contribution in [-0.2, 0) is 5.41 Å². The number of likely N-dealkylation sites (N-methyl/N-ethyl adjacent to an activating group) is 1. The molecule has 0 fully saturated rings. The molecule has 0 amide bonds. The molecule has 0 aliphatic carbocycles. The van der Waals surface area contributed by atoms with Crippen LogP contribution in [0.2, 0.25) is 5.02 Å². The van der Waals surface area contributed by atoms with Gasteiger partial charge < -0.3 is 9.64 Å². The van der Waals surface area contributed by atoms with E-state index in [0.717, 1.165) is 66.8 Å². The van der Waals surface area contributed by atoms with Gasteiger partial charge in [0.25, 0.3) is 0 Å². The highest BCUT2D eigenvalue weighted by molar-refractivity contribution is 6.30. The van der Waals surface area contributed by atoms with Gasteiger partial charge in [0.1, 0.15) is 5.75 Å². The highest BCUT2D eigenvalue weighted by Crippen LogP contribution is 2.55. The van der Waals surface area contributed by atoms with Crippen LogP contribution in [0.4, 0.5) is 5.69 Å². The van der Waals surface area contributed by atoms with Crippen LogP contribution in [-0.4, -0.2) is 12.8 Å². The number of para-hydroxylation sites is 1. The molecular weight excluding hydrogens is 656 g/mol. The van der Waals surface area contributed by atoms with E-state index in [0.29, 0.717) is 0 Å². The Bertz CT molecular complexity index is 2410. The van der Waals surface area contributed by atoms with Crippen LogP contribution in [0.15, 0.2) is 170 Å². The zero-order chi connectivity index (χ0) is 35.5. The van der Waals surface area contributed by atoms with Gasteiger partial charge in [-0.25, -0.2) is 0 Å². The number of fused-ring (bicyclic) bond motifs is 2. The molecule has 0 bridgehead atoms. The van der Waals surface area contributed by atoms with Crippen molar-refractivity contribution in [1.82, 2.24) is 0 Å². The summed E-state index contributed by atoms with van der Waals surface area (Å²) < 4.78 is 9.80. The van der Waals surface area contributed by atoms with Crippen LogP contribution in [0, 0.1) is 0 Å². The SMILES string of the molecule is CN1c2ccccc2C(C)(C)C12C=Cc1cc(-[n+]3c(-c4ccccc4)cc(-c4ccc(Cl)cc4)cc3-c3ccccc3)cc(-c3ccccc3)c1O2. The van der Waals surface area contributed by atoms with Crippen LogP contribution in [0.5, 0.6) is 5.75 Å². The molecule has 6 aromatic carbocycles. The van der Waals surface area contributed by atoms with Gasteiger partial charge in [-0.3, -0.25) is 0 Å². The highest BCUT2D eigenvalue weighted by Gasteiger charge is 2.57. The van der Waals surface area contributed by atoms with Crippen molar-refractivity contribution < 1.29 is 9.30 Å². The molecule has 1 atom stereocenters. The molecule has 2 aliphatic rings. The van der Waals surface area contributed by atoms with E-state index >= 15 is 0 Å². The zero-order valence-corrected chi connectivity index (χ0v) is 30.2. The molecule has 3 heterocycles. The molecule has 1 aromatic heterocycles. The fraction of sp³-hybridized carbons (Fsp3) is 0.104. The third-order valence-electron chi connectivity index (χ3n) is 10.9. The van der Waals surface area contributed by atoms with E-state index in [9.17, 15) is 0 Å². The van der Waals surface area contributed by atoms with E-state index in [1.54, 1.807) is 0 Å². The van der Waals surface area contributed by atoms with Crippen LogP contribution in [0.3, 0.4) is 0 Å². The number of benzene rings is 6.